The van der Waals surface area contributed by atoms with Gasteiger partial charge in [0, 0.05) is 18.0 Å². The van der Waals surface area contributed by atoms with E-state index in [0.717, 1.165) is 6.20 Å². The van der Waals surface area contributed by atoms with E-state index in [4.69, 9.17) is 0 Å². The Morgan fingerprint density at radius 3 is 2.52 bits per heavy atom. The van der Waals surface area contributed by atoms with Gasteiger partial charge >= 0.3 is 6.18 Å². The summed E-state index contributed by atoms with van der Waals surface area (Å²) in [5.74, 6) is -1.50. The Morgan fingerprint density at radius 1 is 1.20 bits per heavy atom. The van der Waals surface area contributed by atoms with Crippen molar-refractivity contribution in [3.63, 3.8) is 0 Å². The van der Waals surface area contributed by atoms with Crippen LogP contribution in [0.3, 0.4) is 0 Å². The third kappa shape index (κ3) is 2.93. The molecule has 1 aliphatic rings. The van der Waals surface area contributed by atoms with E-state index in [0.29, 0.717) is 5.01 Å². The first kappa shape index (κ1) is 16.9. The number of nitrogens with zero attached hydrogens (tertiary/aromatic N) is 3. The quantitative estimate of drug-likeness (QED) is 0.870. The number of hydrogen-bond donors (Lipinski definition) is 2. The predicted octanol–water partition coefficient (Wildman–Crippen LogP) is 2.40. The molecule has 0 saturated carbocycles. The number of phenols is 1. The van der Waals surface area contributed by atoms with Crippen LogP contribution in [-0.2, 0) is 5.72 Å². The van der Waals surface area contributed by atoms with Crippen molar-refractivity contribution in [1.82, 2.24) is 9.99 Å². The van der Waals surface area contributed by atoms with Crippen molar-refractivity contribution in [2.24, 2.45) is 5.10 Å². The van der Waals surface area contributed by atoms with Crippen LogP contribution in [0.5, 0.6) is 5.75 Å². The van der Waals surface area contributed by atoms with Crippen LogP contribution in [-0.4, -0.2) is 38.0 Å². The number of aromatic hydroxyl groups is 1. The Kier molecular flexibility index (Phi) is 3.96. The summed E-state index contributed by atoms with van der Waals surface area (Å²) in [6, 6.07) is 8.08. The molecule has 1 amide bonds. The van der Waals surface area contributed by atoms with Gasteiger partial charge in [-0.25, -0.2) is 0 Å². The molecule has 9 heteroatoms. The summed E-state index contributed by atoms with van der Waals surface area (Å²) in [5, 5.41) is 24.3. The Morgan fingerprint density at radius 2 is 1.92 bits per heavy atom. The van der Waals surface area contributed by atoms with E-state index in [9.17, 15) is 28.2 Å². The van der Waals surface area contributed by atoms with Crippen LogP contribution in [0, 0.1) is 0 Å². The average Bonchev–Trinajstić information content (AvgIpc) is 2.95. The fourth-order valence-electron chi connectivity index (χ4n) is 2.51. The molecule has 0 bridgehead atoms. The van der Waals surface area contributed by atoms with E-state index in [1.54, 1.807) is 0 Å². The Balaban J connectivity index is 2.10. The Labute approximate surface area is 139 Å². The summed E-state index contributed by atoms with van der Waals surface area (Å²) in [7, 11) is 0. The van der Waals surface area contributed by atoms with Gasteiger partial charge in [-0.05, 0) is 18.2 Å². The van der Waals surface area contributed by atoms with Gasteiger partial charge in [-0.3, -0.25) is 9.78 Å². The summed E-state index contributed by atoms with van der Waals surface area (Å²) < 4.78 is 39.3. The van der Waals surface area contributed by atoms with Crippen molar-refractivity contribution >= 4 is 11.6 Å². The number of aromatic nitrogens is 1. The second-order valence-electron chi connectivity index (χ2n) is 5.41. The number of benzene rings is 1. The topological polar surface area (TPSA) is 86.0 Å². The van der Waals surface area contributed by atoms with E-state index in [2.05, 4.69) is 10.1 Å². The van der Waals surface area contributed by atoms with Crippen molar-refractivity contribution in [2.45, 2.75) is 18.3 Å². The largest absolute Gasteiger partial charge is 0.507 e. The number of carbonyl (C=O) groups is 1. The number of hydrogen-bond acceptors (Lipinski definition) is 5. The van der Waals surface area contributed by atoms with Gasteiger partial charge in [0.05, 0.1) is 12.0 Å². The van der Waals surface area contributed by atoms with Crippen LogP contribution in [0.4, 0.5) is 13.2 Å². The highest BCUT2D eigenvalue weighted by atomic mass is 19.4. The first-order valence-electron chi connectivity index (χ1n) is 7.13. The highest BCUT2D eigenvalue weighted by Crippen LogP contribution is 2.40. The SMILES string of the molecule is O=C(c1ccccc1O)N1N=C(C(F)(F)F)C[C@@]1(O)c1cccnc1. The molecule has 1 aromatic heterocycles. The number of hydrazone groups is 1. The summed E-state index contributed by atoms with van der Waals surface area (Å²) in [5.41, 5.74) is -3.97. The van der Waals surface area contributed by atoms with E-state index in [-0.39, 0.29) is 11.1 Å². The Bertz CT molecular complexity index is 839. The van der Waals surface area contributed by atoms with Gasteiger partial charge in [-0.1, -0.05) is 18.2 Å². The molecule has 0 unspecified atom stereocenters. The molecule has 25 heavy (non-hydrogen) atoms. The maximum atomic E-state index is 13.1. The lowest BCUT2D eigenvalue weighted by Crippen LogP contribution is -2.43. The van der Waals surface area contributed by atoms with Gasteiger partial charge in [0.1, 0.15) is 11.5 Å². The van der Waals surface area contributed by atoms with Crippen molar-refractivity contribution in [3.8, 4) is 5.75 Å². The molecule has 2 heterocycles. The molecule has 0 radical (unpaired) electrons. The van der Waals surface area contributed by atoms with Gasteiger partial charge in [-0.15, -0.1) is 0 Å². The van der Waals surface area contributed by atoms with Crippen LogP contribution >= 0.6 is 0 Å². The minimum absolute atomic E-state index is 0.0261. The zero-order valence-corrected chi connectivity index (χ0v) is 12.6. The number of halogens is 3. The van der Waals surface area contributed by atoms with Crippen molar-refractivity contribution in [3.05, 3.63) is 59.9 Å². The maximum Gasteiger partial charge on any atom is 0.431 e. The molecule has 0 saturated heterocycles. The van der Waals surface area contributed by atoms with Gasteiger partial charge < -0.3 is 10.2 Å². The zero-order chi connectivity index (χ0) is 18.2. The molecule has 3 rings (SSSR count). The summed E-state index contributed by atoms with van der Waals surface area (Å²) >= 11 is 0. The molecule has 2 N–H and O–H groups in total. The van der Waals surface area contributed by atoms with Gasteiger partial charge in [0.25, 0.3) is 5.91 Å². The van der Waals surface area contributed by atoms with Gasteiger partial charge in [-0.2, -0.15) is 23.3 Å². The third-order valence-corrected chi connectivity index (χ3v) is 3.76. The number of amides is 1. The molecule has 1 aliphatic heterocycles. The molecular weight excluding hydrogens is 339 g/mol. The third-order valence-electron chi connectivity index (χ3n) is 3.76. The van der Waals surface area contributed by atoms with Crippen LogP contribution < -0.4 is 0 Å². The van der Waals surface area contributed by atoms with Crippen LogP contribution in [0.15, 0.2) is 53.9 Å². The van der Waals surface area contributed by atoms with E-state index < -0.39 is 35.7 Å². The van der Waals surface area contributed by atoms with Gasteiger partial charge in [0.15, 0.2) is 5.72 Å². The number of carbonyl (C=O) groups excluding carboxylic acids is 1. The van der Waals surface area contributed by atoms with Crippen LogP contribution in [0.2, 0.25) is 0 Å². The summed E-state index contributed by atoms with van der Waals surface area (Å²) in [4.78, 5) is 16.4. The van der Waals surface area contributed by atoms with Crippen molar-refractivity contribution < 1.29 is 28.2 Å². The number of pyridine rings is 1. The van der Waals surface area contributed by atoms with Crippen LogP contribution in [0.25, 0.3) is 0 Å². The standard InChI is InChI=1S/C16H12F3N3O3/c17-16(18,19)13-8-15(25,10-4-3-7-20-9-10)22(21-13)14(24)11-5-1-2-6-12(11)23/h1-7,9,23,25H,8H2/t15-/m1/s1. The molecule has 0 aliphatic carbocycles. The zero-order valence-electron chi connectivity index (χ0n) is 12.6. The van der Waals surface area contributed by atoms with Gasteiger partial charge in [0.2, 0.25) is 0 Å². The second-order valence-corrected chi connectivity index (χ2v) is 5.41. The first-order valence-corrected chi connectivity index (χ1v) is 7.13. The number of rotatable bonds is 2. The van der Waals surface area contributed by atoms with Crippen molar-refractivity contribution in [1.29, 1.82) is 0 Å². The second kappa shape index (κ2) is 5.85. The molecule has 1 atom stereocenters. The molecular formula is C16H12F3N3O3. The van der Waals surface area contributed by atoms with Crippen LogP contribution in [0.1, 0.15) is 22.3 Å². The lowest BCUT2D eigenvalue weighted by Gasteiger charge is -2.31. The minimum Gasteiger partial charge on any atom is -0.507 e. The number of aliphatic hydroxyl groups is 1. The normalized spacial score (nSPS) is 20.5. The minimum atomic E-state index is -4.82. The first-order chi connectivity index (χ1) is 11.7. The highest BCUT2D eigenvalue weighted by Gasteiger charge is 2.53. The molecule has 1 aromatic carbocycles. The highest BCUT2D eigenvalue weighted by molar-refractivity contribution is 6.01. The van der Waals surface area contributed by atoms with E-state index in [1.807, 2.05) is 0 Å². The summed E-state index contributed by atoms with van der Waals surface area (Å²) in [6.45, 7) is 0. The predicted molar refractivity (Wildman–Crippen MR) is 80.5 cm³/mol. The molecule has 0 spiro atoms. The number of phenolic OH excluding ortho intramolecular Hbond substituents is 1. The molecule has 6 nitrogen and oxygen atoms in total. The number of alkyl halides is 3. The van der Waals surface area contributed by atoms with Crippen molar-refractivity contribution in [2.75, 3.05) is 0 Å². The smallest absolute Gasteiger partial charge is 0.431 e. The summed E-state index contributed by atoms with van der Waals surface area (Å²) in [6.07, 6.45) is -3.23. The average molecular weight is 351 g/mol. The number of para-hydroxylation sites is 1. The molecule has 2 aromatic rings. The van der Waals surface area contributed by atoms with E-state index >= 15 is 0 Å². The Hall–Kier alpha value is -2.94. The lowest BCUT2D eigenvalue weighted by atomic mass is 9.98. The maximum absolute atomic E-state index is 13.1. The monoisotopic (exact) mass is 351 g/mol. The molecule has 130 valence electrons. The molecule has 0 fully saturated rings. The lowest BCUT2D eigenvalue weighted by molar-refractivity contribution is -0.0818. The van der Waals surface area contributed by atoms with E-state index in [1.165, 1.54) is 42.6 Å². The fraction of sp³-hybridized carbons (Fsp3) is 0.188. The fourth-order valence-corrected chi connectivity index (χ4v) is 2.51.